The minimum atomic E-state index is -0.769. The zero-order valence-corrected chi connectivity index (χ0v) is 16.0. The quantitative estimate of drug-likeness (QED) is 0.744. The molecule has 0 unspecified atom stereocenters. The Morgan fingerprint density at radius 3 is 2.25 bits per heavy atom. The number of nitrogens with zero attached hydrogens (tertiary/aromatic N) is 3. The molecule has 1 aliphatic rings. The van der Waals surface area contributed by atoms with E-state index in [0.717, 1.165) is 4.90 Å². The highest BCUT2D eigenvalue weighted by molar-refractivity contribution is 6.16. The molecule has 0 bridgehead atoms. The van der Waals surface area contributed by atoms with Crippen molar-refractivity contribution in [2.45, 2.75) is 32.9 Å². The number of urea groups is 1. The molecule has 3 rings (SSSR count). The zero-order valence-electron chi connectivity index (χ0n) is 16.0. The van der Waals surface area contributed by atoms with Crippen molar-refractivity contribution < 1.29 is 18.8 Å². The molecule has 1 heterocycles. The van der Waals surface area contributed by atoms with Crippen LogP contribution in [-0.2, 0) is 9.59 Å². The summed E-state index contributed by atoms with van der Waals surface area (Å²) >= 11 is 0. The lowest BCUT2D eigenvalue weighted by Crippen LogP contribution is -2.46. The molecule has 0 saturated carbocycles. The molecular weight excluding hydrogens is 361 g/mol. The minimum Gasteiger partial charge on any atom is -0.308 e. The van der Waals surface area contributed by atoms with E-state index in [1.807, 2.05) is 32.0 Å². The Labute approximate surface area is 163 Å². The fourth-order valence-corrected chi connectivity index (χ4v) is 3.34. The van der Waals surface area contributed by atoms with Gasteiger partial charge in [-0.2, -0.15) is 0 Å². The molecule has 2 aromatic carbocycles. The molecule has 1 atom stereocenters. The number of anilines is 2. The van der Waals surface area contributed by atoms with Crippen molar-refractivity contribution in [2.24, 2.45) is 0 Å². The monoisotopic (exact) mass is 383 g/mol. The smallest absolute Gasteiger partial charge is 0.308 e. The van der Waals surface area contributed by atoms with Crippen molar-refractivity contribution in [1.29, 1.82) is 0 Å². The van der Waals surface area contributed by atoms with E-state index in [9.17, 15) is 18.8 Å². The lowest BCUT2D eigenvalue weighted by Gasteiger charge is -2.28. The third-order valence-electron chi connectivity index (χ3n) is 4.67. The first-order chi connectivity index (χ1) is 13.3. The van der Waals surface area contributed by atoms with Gasteiger partial charge >= 0.3 is 6.03 Å². The fourth-order valence-electron chi connectivity index (χ4n) is 3.34. The maximum atomic E-state index is 13.2. The van der Waals surface area contributed by atoms with Gasteiger partial charge in [-0.25, -0.2) is 9.18 Å². The largest absolute Gasteiger partial charge is 0.332 e. The second-order valence-electron chi connectivity index (χ2n) is 6.92. The first-order valence-electron chi connectivity index (χ1n) is 9.08. The van der Waals surface area contributed by atoms with Crippen molar-refractivity contribution >= 4 is 29.2 Å². The molecular formula is C21H22FN3O3. The van der Waals surface area contributed by atoms with Gasteiger partial charge in [0.05, 0.1) is 0 Å². The van der Waals surface area contributed by atoms with Crippen LogP contribution in [0.25, 0.3) is 0 Å². The van der Waals surface area contributed by atoms with Crippen LogP contribution in [0.1, 0.15) is 20.8 Å². The number of rotatable bonds is 5. The zero-order chi connectivity index (χ0) is 20.4. The number of hydrogen-bond acceptors (Lipinski definition) is 3. The Hall–Kier alpha value is -3.22. The van der Waals surface area contributed by atoms with Crippen LogP contribution in [0.4, 0.5) is 20.6 Å². The van der Waals surface area contributed by atoms with Crippen molar-refractivity contribution in [3.8, 4) is 0 Å². The molecule has 1 aliphatic heterocycles. The standard InChI is InChI=1S/C21H22FN3O3/c1-14(2)24(17-7-5-4-6-8-17)19(26)13-23-20(27)15(3)25(21(23)28)18-11-9-16(22)10-12-18/h4-12,14-15H,13H2,1-3H3/t15-/m0/s1. The summed E-state index contributed by atoms with van der Waals surface area (Å²) < 4.78 is 13.2. The first-order valence-corrected chi connectivity index (χ1v) is 9.08. The molecule has 1 fully saturated rings. The minimum absolute atomic E-state index is 0.145. The van der Waals surface area contributed by atoms with Crippen LogP contribution in [-0.4, -0.2) is 41.4 Å². The molecule has 2 aromatic rings. The molecule has 0 N–H and O–H groups in total. The van der Waals surface area contributed by atoms with E-state index < -0.39 is 23.8 Å². The van der Waals surface area contributed by atoms with Crippen molar-refractivity contribution in [3.05, 3.63) is 60.4 Å². The van der Waals surface area contributed by atoms with Crippen LogP contribution in [0, 0.1) is 5.82 Å². The number of amides is 4. The van der Waals surface area contributed by atoms with E-state index in [1.54, 1.807) is 24.0 Å². The Kier molecular flexibility index (Phi) is 5.44. The molecule has 146 valence electrons. The summed E-state index contributed by atoms with van der Waals surface area (Å²) in [5.41, 5.74) is 1.11. The van der Waals surface area contributed by atoms with E-state index in [0.29, 0.717) is 11.4 Å². The second kappa shape index (κ2) is 7.80. The summed E-state index contributed by atoms with van der Waals surface area (Å²) in [4.78, 5) is 42.2. The highest BCUT2D eigenvalue weighted by Gasteiger charge is 2.44. The van der Waals surface area contributed by atoms with Gasteiger partial charge < -0.3 is 4.90 Å². The molecule has 4 amide bonds. The van der Waals surface area contributed by atoms with Gasteiger partial charge in [0, 0.05) is 17.4 Å². The molecule has 0 spiro atoms. The van der Waals surface area contributed by atoms with Gasteiger partial charge in [0.25, 0.3) is 5.91 Å². The predicted octanol–water partition coefficient (Wildman–Crippen LogP) is 3.42. The lowest BCUT2D eigenvalue weighted by atomic mass is 10.2. The number of halogens is 1. The fraction of sp³-hybridized carbons (Fsp3) is 0.286. The van der Waals surface area contributed by atoms with E-state index in [-0.39, 0.29) is 18.5 Å². The molecule has 6 nitrogen and oxygen atoms in total. The van der Waals surface area contributed by atoms with E-state index in [4.69, 9.17) is 0 Å². The highest BCUT2D eigenvalue weighted by atomic mass is 19.1. The summed E-state index contributed by atoms with van der Waals surface area (Å²) in [5.74, 6) is -1.24. The average Bonchev–Trinajstić information content (AvgIpc) is 2.87. The van der Waals surface area contributed by atoms with Gasteiger partial charge in [-0.15, -0.1) is 0 Å². The van der Waals surface area contributed by atoms with Gasteiger partial charge in [-0.3, -0.25) is 19.4 Å². The Bertz CT molecular complexity index is 884. The average molecular weight is 383 g/mol. The van der Waals surface area contributed by atoms with E-state index >= 15 is 0 Å². The topological polar surface area (TPSA) is 60.9 Å². The van der Waals surface area contributed by atoms with Crippen molar-refractivity contribution in [2.75, 3.05) is 16.3 Å². The van der Waals surface area contributed by atoms with E-state index in [1.165, 1.54) is 29.2 Å². The van der Waals surface area contributed by atoms with Gasteiger partial charge in [-0.1, -0.05) is 18.2 Å². The molecule has 0 aliphatic carbocycles. The van der Waals surface area contributed by atoms with Gasteiger partial charge in [0.2, 0.25) is 5.91 Å². The molecule has 1 saturated heterocycles. The summed E-state index contributed by atoms with van der Waals surface area (Å²) in [5, 5.41) is 0. The molecule has 28 heavy (non-hydrogen) atoms. The Balaban J connectivity index is 1.83. The van der Waals surface area contributed by atoms with Gasteiger partial charge in [0.1, 0.15) is 18.4 Å². The van der Waals surface area contributed by atoms with Crippen LogP contribution in [0.15, 0.2) is 54.6 Å². The number of carbonyl (C=O) groups is 3. The summed E-state index contributed by atoms with van der Waals surface area (Å²) in [6.45, 7) is 4.97. The normalized spacial score (nSPS) is 16.8. The van der Waals surface area contributed by atoms with Crippen LogP contribution < -0.4 is 9.80 Å². The molecule has 0 radical (unpaired) electrons. The number of benzene rings is 2. The number of carbonyl (C=O) groups excluding carboxylic acids is 3. The second-order valence-corrected chi connectivity index (χ2v) is 6.92. The molecule has 7 heteroatoms. The summed E-state index contributed by atoms with van der Waals surface area (Å²) in [6.07, 6.45) is 0. The third kappa shape index (κ3) is 3.60. The highest BCUT2D eigenvalue weighted by Crippen LogP contribution is 2.26. The maximum Gasteiger partial charge on any atom is 0.332 e. The summed E-state index contributed by atoms with van der Waals surface area (Å²) in [7, 11) is 0. The van der Waals surface area contributed by atoms with Crippen LogP contribution in [0.5, 0.6) is 0 Å². The van der Waals surface area contributed by atoms with E-state index in [2.05, 4.69) is 0 Å². The lowest BCUT2D eigenvalue weighted by molar-refractivity contribution is -0.131. The van der Waals surface area contributed by atoms with Crippen molar-refractivity contribution in [3.63, 3.8) is 0 Å². The van der Waals surface area contributed by atoms with Crippen LogP contribution >= 0.6 is 0 Å². The maximum absolute atomic E-state index is 13.2. The SMILES string of the molecule is CC(C)N(C(=O)CN1C(=O)[C@H](C)N(c2ccc(F)cc2)C1=O)c1ccccc1. The van der Waals surface area contributed by atoms with Gasteiger partial charge in [-0.05, 0) is 57.2 Å². The number of para-hydroxylation sites is 1. The van der Waals surface area contributed by atoms with Crippen molar-refractivity contribution in [1.82, 2.24) is 4.90 Å². The first kappa shape index (κ1) is 19.5. The van der Waals surface area contributed by atoms with Crippen LogP contribution in [0.3, 0.4) is 0 Å². The predicted molar refractivity (Wildman–Crippen MR) is 105 cm³/mol. The third-order valence-corrected chi connectivity index (χ3v) is 4.67. The number of imide groups is 1. The Morgan fingerprint density at radius 2 is 1.68 bits per heavy atom. The number of hydrogen-bond donors (Lipinski definition) is 0. The summed E-state index contributed by atoms with van der Waals surface area (Å²) in [6, 6.07) is 12.9. The molecule has 0 aromatic heterocycles. The van der Waals surface area contributed by atoms with Gasteiger partial charge in [0.15, 0.2) is 0 Å². The van der Waals surface area contributed by atoms with Crippen LogP contribution in [0.2, 0.25) is 0 Å². The Morgan fingerprint density at radius 1 is 1.07 bits per heavy atom.